The number of rotatable bonds is 3. The Morgan fingerprint density at radius 2 is 2.21 bits per heavy atom. The molecule has 0 saturated heterocycles. The zero-order chi connectivity index (χ0) is 9.10. The van der Waals surface area contributed by atoms with E-state index in [9.17, 15) is 0 Å². The molecule has 1 aromatic rings. The third-order valence-corrected chi connectivity index (χ3v) is 2.64. The first-order valence-corrected chi connectivity index (χ1v) is 4.84. The molecule has 0 aliphatic heterocycles. The van der Waals surface area contributed by atoms with Crippen molar-refractivity contribution in [1.82, 2.24) is 5.32 Å². The summed E-state index contributed by atoms with van der Waals surface area (Å²) in [5, 5.41) is 3.47. The highest BCUT2D eigenvalue weighted by Crippen LogP contribution is 2.30. The quantitative estimate of drug-likeness (QED) is 0.755. The van der Waals surface area contributed by atoms with Gasteiger partial charge in [0.15, 0.2) is 0 Å². The second-order valence-electron chi connectivity index (χ2n) is 3.49. The van der Waals surface area contributed by atoms with Crippen LogP contribution < -0.4 is 5.32 Å². The molecule has 1 aromatic carbocycles. The van der Waals surface area contributed by atoms with Crippen molar-refractivity contribution < 1.29 is 0 Å². The van der Waals surface area contributed by atoms with Crippen molar-refractivity contribution in [3.8, 4) is 0 Å². The number of halogens is 1. The lowest BCUT2D eigenvalue weighted by molar-refractivity contribution is 0.564. The van der Waals surface area contributed by atoms with E-state index in [4.69, 9.17) is 0 Å². The van der Waals surface area contributed by atoms with Gasteiger partial charge in [-0.15, -0.1) is 19.0 Å². The smallest absolute Gasteiger partial charge is 0.0328 e. The summed E-state index contributed by atoms with van der Waals surface area (Å²) in [5.74, 6) is 0. The number of hydrogen-bond donors (Lipinski definition) is 1. The predicted octanol–water partition coefficient (Wildman–Crippen LogP) is 2.87. The van der Waals surface area contributed by atoms with E-state index >= 15 is 0 Å². The zero-order valence-electron chi connectivity index (χ0n) is 8.20. The molecule has 76 valence electrons. The molecule has 1 aliphatic rings. The fourth-order valence-electron chi connectivity index (χ4n) is 1.99. The summed E-state index contributed by atoms with van der Waals surface area (Å²) in [7, 11) is 0. The Morgan fingerprint density at radius 3 is 3.00 bits per heavy atom. The Kier molecular flexibility index (Phi) is 4.18. The molecule has 2 rings (SSSR count). The van der Waals surface area contributed by atoms with Crippen LogP contribution in [-0.2, 0) is 6.42 Å². The maximum absolute atomic E-state index is 3.72. The van der Waals surface area contributed by atoms with Crippen LogP contribution in [0.2, 0.25) is 0 Å². The molecule has 0 bridgehead atoms. The van der Waals surface area contributed by atoms with Crippen LogP contribution in [0.3, 0.4) is 0 Å². The van der Waals surface area contributed by atoms with Crippen molar-refractivity contribution in [2.45, 2.75) is 18.9 Å². The van der Waals surface area contributed by atoms with Crippen molar-refractivity contribution >= 4 is 12.4 Å². The van der Waals surface area contributed by atoms with Gasteiger partial charge in [0.25, 0.3) is 0 Å². The Bertz CT molecular complexity index is 309. The van der Waals surface area contributed by atoms with Gasteiger partial charge in [-0.25, -0.2) is 0 Å². The van der Waals surface area contributed by atoms with Gasteiger partial charge in [0.2, 0.25) is 0 Å². The van der Waals surface area contributed by atoms with E-state index in [0.717, 1.165) is 6.54 Å². The SMILES string of the molecule is C=CCN[C@@H]1CCc2ccccc21.Cl. The average Bonchev–Trinajstić information content (AvgIpc) is 2.58. The number of fused-ring (bicyclic) bond motifs is 1. The van der Waals surface area contributed by atoms with E-state index in [1.165, 1.54) is 24.0 Å². The molecule has 0 radical (unpaired) electrons. The van der Waals surface area contributed by atoms with E-state index in [1.807, 2.05) is 6.08 Å². The summed E-state index contributed by atoms with van der Waals surface area (Å²) in [6.07, 6.45) is 4.36. The van der Waals surface area contributed by atoms with Crippen molar-refractivity contribution in [3.63, 3.8) is 0 Å². The second-order valence-corrected chi connectivity index (χ2v) is 3.49. The first kappa shape index (κ1) is 11.3. The van der Waals surface area contributed by atoms with E-state index < -0.39 is 0 Å². The topological polar surface area (TPSA) is 12.0 Å². The lowest BCUT2D eigenvalue weighted by atomic mass is 10.1. The van der Waals surface area contributed by atoms with Crippen LogP contribution in [-0.4, -0.2) is 6.54 Å². The first-order chi connectivity index (χ1) is 6.42. The van der Waals surface area contributed by atoms with Crippen LogP contribution in [0, 0.1) is 0 Å². The minimum absolute atomic E-state index is 0. The van der Waals surface area contributed by atoms with Gasteiger partial charge in [-0.1, -0.05) is 30.3 Å². The van der Waals surface area contributed by atoms with Crippen molar-refractivity contribution in [3.05, 3.63) is 48.0 Å². The zero-order valence-corrected chi connectivity index (χ0v) is 9.02. The molecule has 1 atom stereocenters. The van der Waals surface area contributed by atoms with Gasteiger partial charge in [-0.05, 0) is 24.0 Å². The van der Waals surface area contributed by atoms with Crippen LogP contribution in [0.5, 0.6) is 0 Å². The van der Waals surface area contributed by atoms with Crippen molar-refractivity contribution in [1.29, 1.82) is 0 Å². The number of aryl methyl sites for hydroxylation is 1. The van der Waals surface area contributed by atoms with E-state index in [1.54, 1.807) is 0 Å². The Balaban J connectivity index is 0.000000980. The highest BCUT2D eigenvalue weighted by molar-refractivity contribution is 5.85. The fraction of sp³-hybridized carbons (Fsp3) is 0.333. The minimum Gasteiger partial charge on any atom is -0.306 e. The lowest BCUT2D eigenvalue weighted by Crippen LogP contribution is -2.18. The highest BCUT2D eigenvalue weighted by Gasteiger charge is 2.20. The molecular weight excluding hydrogens is 194 g/mol. The van der Waals surface area contributed by atoms with E-state index in [2.05, 4.69) is 36.2 Å². The van der Waals surface area contributed by atoms with Crippen molar-refractivity contribution in [2.75, 3.05) is 6.54 Å². The maximum Gasteiger partial charge on any atom is 0.0328 e. The standard InChI is InChI=1S/C12H15N.ClH/c1-2-9-13-12-8-7-10-5-3-4-6-11(10)12;/h2-6,12-13H,1,7-9H2;1H/t12-;/m1./s1. The molecule has 1 N–H and O–H groups in total. The molecule has 14 heavy (non-hydrogen) atoms. The summed E-state index contributed by atoms with van der Waals surface area (Å²) < 4.78 is 0. The van der Waals surface area contributed by atoms with Crippen LogP contribution in [0.4, 0.5) is 0 Å². The molecule has 0 unspecified atom stereocenters. The van der Waals surface area contributed by atoms with Gasteiger partial charge in [-0.3, -0.25) is 0 Å². The number of benzene rings is 1. The van der Waals surface area contributed by atoms with Gasteiger partial charge in [0.1, 0.15) is 0 Å². The summed E-state index contributed by atoms with van der Waals surface area (Å²) in [4.78, 5) is 0. The van der Waals surface area contributed by atoms with Gasteiger partial charge < -0.3 is 5.32 Å². The van der Waals surface area contributed by atoms with Gasteiger partial charge in [0.05, 0.1) is 0 Å². The third-order valence-electron chi connectivity index (χ3n) is 2.64. The normalized spacial score (nSPS) is 18.4. The molecule has 1 aliphatic carbocycles. The molecule has 0 saturated carbocycles. The fourth-order valence-corrected chi connectivity index (χ4v) is 1.99. The molecule has 2 heteroatoms. The second kappa shape index (κ2) is 5.18. The molecule has 0 heterocycles. The minimum atomic E-state index is 0. The van der Waals surface area contributed by atoms with Gasteiger partial charge >= 0.3 is 0 Å². The van der Waals surface area contributed by atoms with E-state index in [0.29, 0.717) is 6.04 Å². The van der Waals surface area contributed by atoms with E-state index in [-0.39, 0.29) is 12.4 Å². The molecule has 0 amide bonds. The summed E-state index contributed by atoms with van der Waals surface area (Å²) in [6.45, 7) is 4.62. The maximum atomic E-state index is 3.72. The Morgan fingerprint density at radius 1 is 1.43 bits per heavy atom. The molecule has 0 fully saturated rings. The van der Waals surface area contributed by atoms with Crippen LogP contribution >= 0.6 is 12.4 Å². The predicted molar refractivity (Wildman–Crippen MR) is 63.0 cm³/mol. The third kappa shape index (κ3) is 2.17. The summed E-state index contributed by atoms with van der Waals surface area (Å²) in [6, 6.07) is 9.24. The molecule has 0 spiro atoms. The number of nitrogens with one attached hydrogen (secondary N) is 1. The van der Waals surface area contributed by atoms with Crippen molar-refractivity contribution in [2.24, 2.45) is 0 Å². The summed E-state index contributed by atoms with van der Waals surface area (Å²) >= 11 is 0. The average molecular weight is 210 g/mol. The largest absolute Gasteiger partial charge is 0.306 e. The number of hydrogen-bond acceptors (Lipinski definition) is 1. The highest BCUT2D eigenvalue weighted by atomic mass is 35.5. The Hall–Kier alpha value is -0.790. The van der Waals surface area contributed by atoms with Gasteiger partial charge in [-0.2, -0.15) is 0 Å². The monoisotopic (exact) mass is 209 g/mol. The van der Waals surface area contributed by atoms with Crippen LogP contribution in [0.25, 0.3) is 0 Å². The summed E-state index contributed by atoms with van der Waals surface area (Å²) in [5.41, 5.74) is 2.98. The molecular formula is C12H16ClN. The van der Waals surface area contributed by atoms with Gasteiger partial charge in [0, 0.05) is 12.6 Å². The van der Waals surface area contributed by atoms with Crippen LogP contribution in [0.15, 0.2) is 36.9 Å². The Labute approximate surface area is 91.6 Å². The lowest BCUT2D eigenvalue weighted by Gasteiger charge is -2.11. The first-order valence-electron chi connectivity index (χ1n) is 4.84. The van der Waals surface area contributed by atoms with Crippen LogP contribution in [0.1, 0.15) is 23.6 Å². The molecule has 0 aromatic heterocycles. The molecule has 1 nitrogen and oxygen atoms in total.